The van der Waals surface area contributed by atoms with Crippen molar-refractivity contribution in [1.29, 1.82) is 0 Å². The van der Waals surface area contributed by atoms with Crippen LogP contribution in [-0.2, 0) is 56.1 Å². The fourth-order valence-electron chi connectivity index (χ4n) is 6.90. The van der Waals surface area contributed by atoms with Gasteiger partial charge in [0.25, 0.3) is 0 Å². The summed E-state index contributed by atoms with van der Waals surface area (Å²) in [4.78, 5) is 12.8. The Morgan fingerprint density at radius 2 is 1.24 bits per heavy atom. The molecule has 0 amide bonds. The quantitative estimate of drug-likeness (QED) is 0.636. The molecule has 0 N–H and O–H groups in total. The Balaban J connectivity index is 1.40. The first-order valence-electron chi connectivity index (χ1n) is 11.5. The second-order valence-electron chi connectivity index (χ2n) is 10.0. The topological polar surface area (TPSA) is 26.3 Å². The van der Waals surface area contributed by atoms with Gasteiger partial charge in [0.1, 0.15) is 0 Å². The minimum absolute atomic E-state index is 0.108. The van der Waals surface area contributed by atoms with Gasteiger partial charge in [0.2, 0.25) is 0 Å². The Morgan fingerprint density at radius 3 is 1.90 bits per heavy atom. The van der Waals surface area contributed by atoms with Gasteiger partial charge in [0.05, 0.1) is 12.7 Å². The third-order valence-electron chi connectivity index (χ3n) is 8.15. The van der Waals surface area contributed by atoms with Gasteiger partial charge in [-0.15, -0.1) is 0 Å². The van der Waals surface area contributed by atoms with E-state index in [2.05, 4.69) is 18.2 Å². The smallest absolute Gasteiger partial charge is 0.338 e. The molecule has 4 aliphatic carbocycles. The summed E-state index contributed by atoms with van der Waals surface area (Å²) in [5.41, 5.74) is 13.1. The molecule has 29 heavy (non-hydrogen) atoms. The van der Waals surface area contributed by atoms with Crippen LogP contribution in [0.15, 0.2) is 18.2 Å². The molecule has 0 saturated carbocycles. The van der Waals surface area contributed by atoms with Crippen molar-refractivity contribution in [3.8, 4) is 0 Å². The molecule has 0 unspecified atom stereocenters. The first-order valence-corrected chi connectivity index (χ1v) is 11.5. The van der Waals surface area contributed by atoms with E-state index in [0.717, 1.165) is 31.2 Å². The highest BCUT2D eigenvalue weighted by atomic mass is 16.5. The normalized spacial score (nSPS) is 20.7. The molecule has 0 atom stereocenters. The Labute approximate surface area is 173 Å². The molecule has 2 nitrogen and oxygen atoms in total. The van der Waals surface area contributed by atoms with Crippen LogP contribution in [0.4, 0.5) is 0 Å². The number of carbonyl (C=O) groups excluding carboxylic acids is 1. The van der Waals surface area contributed by atoms with E-state index >= 15 is 0 Å². The molecule has 2 aromatic carbocycles. The standard InChI is InChI=1S/C27H30O2/c1-29-26(28)25-23-9-5-4-8-19(23)12-22-15-27(16-24(22)25)13-20-10-17-6-2-3-7-18(17)11-21(20)14-27/h10-12H,2-9,13-16H2,1H3. The van der Waals surface area contributed by atoms with Gasteiger partial charge in [-0.3, -0.25) is 0 Å². The molecule has 150 valence electrons. The van der Waals surface area contributed by atoms with Gasteiger partial charge in [-0.05, 0) is 127 Å². The number of hydrogen-bond acceptors (Lipinski definition) is 2. The van der Waals surface area contributed by atoms with Crippen LogP contribution in [0, 0.1) is 5.41 Å². The fourth-order valence-corrected chi connectivity index (χ4v) is 6.90. The summed E-state index contributed by atoms with van der Waals surface area (Å²) < 4.78 is 5.27. The van der Waals surface area contributed by atoms with Gasteiger partial charge >= 0.3 is 5.97 Å². The second kappa shape index (κ2) is 6.45. The maximum Gasteiger partial charge on any atom is 0.338 e. The average Bonchev–Trinajstić information content (AvgIpc) is 3.26. The minimum Gasteiger partial charge on any atom is -0.465 e. The third kappa shape index (κ3) is 2.71. The molecule has 0 fully saturated rings. The van der Waals surface area contributed by atoms with Crippen molar-refractivity contribution in [1.82, 2.24) is 0 Å². The monoisotopic (exact) mass is 386 g/mol. The van der Waals surface area contributed by atoms with Crippen LogP contribution in [-0.4, -0.2) is 13.1 Å². The Hall–Kier alpha value is -2.09. The van der Waals surface area contributed by atoms with Crippen molar-refractivity contribution in [2.75, 3.05) is 7.11 Å². The van der Waals surface area contributed by atoms with Crippen molar-refractivity contribution in [2.45, 2.75) is 77.0 Å². The number of carbonyl (C=O) groups is 1. The largest absolute Gasteiger partial charge is 0.465 e. The molecule has 0 saturated heterocycles. The summed E-state index contributed by atoms with van der Waals surface area (Å²) in [6, 6.07) is 7.53. The van der Waals surface area contributed by atoms with Crippen molar-refractivity contribution in [3.05, 3.63) is 68.3 Å². The third-order valence-corrected chi connectivity index (χ3v) is 8.15. The molecular formula is C27H30O2. The van der Waals surface area contributed by atoms with Gasteiger partial charge in [-0.1, -0.05) is 18.2 Å². The second-order valence-corrected chi connectivity index (χ2v) is 10.0. The van der Waals surface area contributed by atoms with Gasteiger partial charge in [0.15, 0.2) is 0 Å². The Kier molecular flexibility index (Phi) is 3.95. The van der Waals surface area contributed by atoms with Crippen molar-refractivity contribution in [2.24, 2.45) is 5.41 Å². The Morgan fingerprint density at radius 1 is 0.690 bits per heavy atom. The van der Waals surface area contributed by atoms with Crippen LogP contribution in [0.1, 0.15) is 80.5 Å². The van der Waals surface area contributed by atoms with Crippen molar-refractivity contribution < 1.29 is 9.53 Å². The van der Waals surface area contributed by atoms with Gasteiger partial charge in [-0.2, -0.15) is 0 Å². The van der Waals surface area contributed by atoms with E-state index < -0.39 is 0 Å². The predicted molar refractivity (Wildman–Crippen MR) is 115 cm³/mol. The van der Waals surface area contributed by atoms with Gasteiger partial charge < -0.3 is 4.74 Å². The number of esters is 1. The zero-order valence-corrected chi connectivity index (χ0v) is 17.5. The van der Waals surface area contributed by atoms with Crippen molar-refractivity contribution >= 4 is 5.97 Å². The zero-order valence-electron chi connectivity index (χ0n) is 17.5. The summed E-state index contributed by atoms with van der Waals surface area (Å²) in [5, 5.41) is 0. The lowest BCUT2D eigenvalue weighted by Crippen LogP contribution is -2.22. The van der Waals surface area contributed by atoms with Crippen LogP contribution in [0.3, 0.4) is 0 Å². The molecule has 2 aromatic rings. The fraction of sp³-hybridized carbons (Fsp3) is 0.519. The van der Waals surface area contributed by atoms with Crippen LogP contribution in [0.2, 0.25) is 0 Å². The number of benzene rings is 2. The highest BCUT2D eigenvalue weighted by Gasteiger charge is 2.44. The van der Waals surface area contributed by atoms with Gasteiger partial charge in [0, 0.05) is 0 Å². The van der Waals surface area contributed by atoms with Crippen LogP contribution in [0.5, 0.6) is 0 Å². The number of hydrogen-bond donors (Lipinski definition) is 0. The molecule has 0 aromatic heterocycles. The van der Waals surface area contributed by atoms with Crippen LogP contribution in [0.25, 0.3) is 0 Å². The molecule has 6 rings (SSSR count). The summed E-state index contributed by atoms with van der Waals surface area (Å²) in [6.45, 7) is 0. The Bertz CT molecular complexity index is 995. The van der Waals surface area contributed by atoms with E-state index in [1.165, 1.54) is 80.7 Å². The number of methoxy groups -OCH3 is 1. The van der Waals surface area contributed by atoms with E-state index in [-0.39, 0.29) is 11.4 Å². The minimum atomic E-state index is -0.108. The molecule has 0 heterocycles. The lowest BCUT2D eigenvalue weighted by Gasteiger charge is -2.22. The molecule has 0 bridgehead atoms. The zero-order chi connectivity index (χ0) is 19.6. The molecule has 2 heteroatoms. The van der Waals surface area contributed by atoms with Crippen LogP contribution >= 0.6 is 0 Å². The number of aryl methyl sites for hydroxylation is 3. The first kappa shape index (κ1) is 17.7. The maximum atomic E-state index is 12.8. The molecule has 4 aliphatic rings. The van der Waals surface area contributed by atoms with E-state index in [4.69, 9.17) is 4.74 Å². The summed E-state index contributed by atoms with van der Waals surface area (Å²) in [5.74, 6) is -0.108. The molecule has 0 radical (unpaired) electrons. The summed E-state index contributed by atoms with van der Waals surface area (Å²) in [7, 11) is 1.54. The lowest BCUT2D eigenvalue weighted by atomic mass is 9.81. The number of rotatable bonds is 1. The van der Waals surface area contributed by atoms with E-state index in [1.54, 1.807) is 22.3 Å². The first-order chi connectivity index (χ1) is 14.2. The van der Waals surface area contributed by atoms with Gasteiger partial charge in [-0.25, -0.2) is 4.79 Å². The predicted octanol–water partition coefficient (Wildman–Crippen LogP) is 5.11. The number of fused-ring (bicyclic) bond motifs is 4. The van der Waals surface area contributed by atoms with Crippen LogP contribution < -0.4 is 0 Å². The number of ether oxygens (including phenoxy) is 1. The molecule has 1 spiro atoms. The summed E-state index contributed by atoms with van der Waals surface area (Å²) >= 11 is 0. The molecule has 0 aliphatic heterocycles. The lowest BCUT2D eigenvalue weighted by molar-refractivity contribution is 0.0597. The summed E-state index contributed by atoms with van der Waals surface area (Å²) in [6.07, 6.45) is 14.3. The average molecular weight is 387 g/mol. The van der Waals surface area contributed by atoms with E-state index in [1.807, 2.05) is 0 Å². The van der Waals surface area contributed by atoms with E-state index in [9.17, 15) is 4.79 Å². The SMILES string of the molecule is COC(=O)c1c2c(cc3c1CC1(Cc4cc5c(cc4C1)CCCC5)C3)CCCC2. The maximum absolute atomic E-state index is 12.8. The van der Waals surface area contributed by atoms with Crippen molar-refractivity contribution in [3.63, 3.8) is 0 Å². The molecular weight excluding hydrogens is 356 g/mol. The van der Waals surface area contributed by atoms with E-state index in [0.29, 0.717) is 0 Å². The highest BCUT2D eigenvalue weighted by molar-refractivity contribution is 5.94. The highest BCUT2D eigenvalue weighted by Crippen LogP contribution is 2.50.